The third kappa shape index (κ3) is 5.07. The molecule has 2 heterocycles. The van der Waals surface area contributed by atoms with Gasteiger partial charge in [0.15, 0.2) is 0 Å². The topological polar surface area (TPSA) is 21.7 Å². The van der Waals surface area contributed by atoms with Crippen LogP contribution in [-0.4, -0.2) is 6.71 Å². The van der Waals surface area contributed by atoms with Crippen LogP contribution in [-0.2, 0) is 0 Å². The van der Waals surface area contributed by atoms with E-state index >= 15 is 0 Å². The average Bonchev–Trinajstić information content (AvgIpc) is 3.13. The number of anilines is 3. The van der Waals surface area contributed by atoms with Crippen molar-refractivity contribution in [3.05, 3.63) is 168 Å². The number of hydrogen-bond acceptors (Lipinski definition) is 3. The molecule has 0 saturated carbocycles. The Kier molecular flexibility index (Phi) is 7.13. The molecule has 0 saturated heterocycles. The normalized spacial score (nSPS) is 12.3. The van der Waals surface area contributed by atoms with Gasteiger partial charge in [-0.25, -0.2) is 0 Å². The first-order valence-electron chi connectivity index (χ1n) is 17.3. The summed E-state index contributed by atoms with van der Waals surface area (Å²) in [6.45, 7) is 8.63. The number of ether oxygens (including phenoxy) is 2. The molecule has 0 fully saturated rings. The second-order valence-electron chi connectivity index (χ2n) is 13.6. The summed E-state index contributed by atoms with van der Waals surface area (Å²) in [5, 5.41) is 0. The molecule has 0 aromatic heterocycles. The standard InChI is InChI=1S/C46H36BNO2/c1-29-15-21-40(31(3)23-29)48(41-22-16-30(2)24-32(41)4)37-27-44-46-45(28-37)50-43-26-36(34-13-9-6-10-14-34)18-20-39(43)47(46)38-19-17-35(25-42(38)49-44)33-11-7-5-8-12-33/h5-28H,1-4H3. The smallest absolute Gasteiger partial charge is 0.260 e. The van der Waals surface area contributed by atoms with Crippen molar-refractivity contribution < 1.29 is 9.47 Å². The summed E-state index contributed by atoms with van der Waals surface area (Å²) in [6.07, 6.45) is 0. The van der Waals surface area contributed by atoms with E-state index in [4.69, 9.17) is 9.47 Å². The van der Waals surface area contributed by atoms with Gasteiger partial charge in [-0.2, -0.15) is 0 Å². The van der Waals surface area contributed by atoms with Crippen LogP contribution >= 0.6 is 0 Å². The summed E-state index contributed by atoms with van der Waals surface area (Å²) in [6, 6.07) is 52.0. The highest BCUT2D eigenvalue weighted by atomic mass is 16.5. The molecule has 4 heteroatoms. The molecule has 0 radical (unpaired) electrons. The molecule has 7 aromatic carbocycles. The van der Waals surface area contributed by atoms with E-state index in [0.29, 0.717) is 0 Å². The molecule has 7 aromatic rings. The number of hydrogen-bond donors (Lipinski definition) is 0. The first kappa shape index (κ1) is 30.1. The Morgan fingerprint density at radius 1 is 0.420 bits per heavy atom. The molecule has 0 spiro atoms. The van der Waals surface area contributed by atoms with Crippen molar-refractivity contribution in [1.82, 2.24) is 0 Å². The van der Waals surface area contributed by atoms with Crippen molar-refractivity contribution in [2.75, 3.05) is 4.90 Å². The van der Waals surface area contributed by atoms with Gasteiger partial charge >= 0.3 is 0 Å². The molecule has 2 aliphatic rings. The van der Waals surface area contributed by atoms with Crippen molar-refractivity contribution in [3.8, 4) is 45.3 Å². The zero-order valence-electron chi connectivity index (χ0n) is 28.7. The summed E-state index contributed by atoms with van der Waals surface area (Å²) >= 11 is 0. The Morgan fingerprint density at radius 2 is 0.880 bits per heavy atom. The Morgan fingerprint density at radius 3 is 1.32 bits per heavy atom. The lowest BCUT2D eigenvalue weighted by Crippen LogP contribution is -2.57. The van der Waals surface area contributed by atoms with E-state index in [1.807, 2.05) is 0 Å². The van der Waals surface area contributed by atoms with E-state index in [2.05, 4.69) is 178 Å². The van der Waals surface area contributed by atoms with Crippen LogP contribution in [0.5, 0.6) is 23.0 Å². The average molecular weight is 646 g/mol. The van der Waals surface area contributed by atoms with Crippen LogP contribution in [0.2, 0.25) is 0 Å². The predicted molar refractivity (Wildman–Crippen MR) is 209 cm³/mol. The van der Waals surface area contributed by atoms with Gasteiger partial charge in [0.1, 0.15) is 23.0 Å². The minimum Gasteiger partial charge on any atom is -0.458 e. The second kappa shape index (κ2) is 11.9. The van der Waals surface area contributed by atoms with Gasteiger partial charge in [0.05, 0.1) is 5.69 Å². The van der Waals surface area contributed by atoms with Gasteiger partial charge in [0.2, 0.25) is 0 Å². The van der Waals surface area contributed by atoms with Crippen molar-refractivity contribution in [3.63, 3.8) is 0 Å². The Bertz CT molecular complexity index is 2270. The van der Waals surface area contributed by atoms with Crippen LogP contribution in [0, 0.1) is 27.7 Å². The molecule has 0 amide bonds. The quantitative estimate of drug-likeness (QED) is 0.174. The third-order valence-corrected chi connectivity index (χ3v) is 10.1. The van der Waals surface area contributed by atoms with Crippen LogP contribution in [0.1, 0.15) is 22.3 Å². The lowest BCUT2D eigenvalue weighted by atomic mass is 9.34. The number of fused-ring (bicyclic) bond motifs is 4. The van der Waals surface area contributed by atoms with Gasteiger partial charge in [-0.05, 0) is 96.3 Å². The number of nitrogens with zero attached hydrogens (tertiary/aromatic N) is 1. The maximum atomic E-state index is 6.95. The van der Waals surface area contributed by atoms with Crippen molar-refractivity contribution >= 4 is 40.2 Å². The van der Waals surface area contributed by atoms with E-state index in [-0.39, 0.29) is 6.71 Å². The maximum absolute atomic E-state index is 6.95. The molecule has 240 valence electrons. The zero-order valence-corrected chi connectivity index (χ0v) is 28.7. The third-order valence-electron chi connectivity index (χ3n) is 10.1. The van der Waals surface area contributed by atoms with Gasteiger partial charge in [-0.3, -0.25) is 0 Å². The van der Waals surface area contributed by atoms with Gasteiger partial charge in [0, 0.05) is 29.0 Å². The lowest BCUT2D eigenvalue weighted by Gasteiger charge is -2.35. The van der Waals surface area contributed by atoms with Crippen LogP contribution in [0.25, 0.3) is 22.3 Å². The number of benzene rings is 7. The van der Waals surface area contributed by atoms with Crippen LogP contribution in [0.15, 0.2) is 146 Å². The highest BCUT2D eigenvalue weighted by Crippen LogP contribution is 2.45. The summed E-state index contributed by atoms with van der Waals surface area (Å²) in [5.41, 5.74) is 16.0. The summed E-state index contributed by atoms with van der Waals surface area (Å²) in [7, 11) is 0. The first-order valence-corrected chi connectivity index (χ1v) is 17.3. The lowest BCUT2D eigenvalue weighted by molar-refractivity contribution is 0.465. The molecule has 3 nitrogen and oxygen atoms in total. The van der Waals surface area contributed by atoms with Crippen LogP contribution in [0.3, 0.4) is 0 Å². The molecule has 0 unspecified atom stereocenters. The summed E-state index contributed by atoms with van der Waals surface area (Å²) in [5.74, 6) is 3.38. The van der Waals surface area contributed by atoms with E-state index in [1.54, 1.807) is 0 Å². The van der Waals surface area contributed by atoms with Crippen molar-refractivity contribution in [2.24, 2.45) is 0 Å². The van der Waals surface area contributed by atoms with Crippen molar-refractivity contribution in [2.45, 2.75) is 27.7 Å². The van der Waals surface area contributed by atoms with Crippen LogP contribution < -0.4 is 30.8 Å². The largest absolute Gasteiger partial charge is 0.458 e. The Balaban J connectivity index is 1.27. The van der Waals surface area contributed by atoms with Crippen molar-refractivity contribution in [1.29, 1.82) is 0 Å². The summed E-state index contributed by atoms with van der Waals surface area (Å²) in [4.78, 5) is 2.36. The van der Waals surface area contributed by atoms with E-state index in [9.17, 15) is 0 Å². The molecule has 0 N–H and O–H groups in total. The SMILES string of the molecule is Cc1ccc(N(c2cc3c4c(c2)Oc2cc(-c5ccccc5)ccc2B4c2ccc(-c4ccccc4)cc2O3)c2ccc(C)cc2C)c(C)c1. The Labute approximate surface area is 294 Å². The fourth-order valence-electron chi connectivity index (χ4n) is 7.75. The first-order chi connectivity index (χ1) is 24.4. The van der Waals surface area contributed by atoms with Crippen LogP contribution in [0.4, 0.5) is 17.1 Å². The maximum Gasteiger partial charge on any atom is 0.260 e. The zero-order chi connectivity index (χ0) is 33.9. The fraction of sp³-hybridized carbons (Fsp3) is 0.0870. The molecule has 0 atom stereocenters. The van der Waals surface area contributed by atoms with E-state index in [0.717, 1.165) is 78.7 Å². The molecule has 9 rings (SSSR count). The highest BCUT2D eigenvalue weighted by Gasteiger charge is 2.41. The second-order valence-corrected chi connectivity index (χ2v) is 13.6. The number of rotatable bonds is 5. The van der Waals surface area contributed by atoms with Gasteiger partial charge in [-0.1, -0.05) is 120 Å². The molecule has 50 heavy (non-hydrogen) atoms. The molecule has 0 bridgehead atoms. The molecular weight excluding hydrogens is 609 g/mol. The Hall–Kier alpha value is -6.00. The molecular formula is C46H36BNO2. The monoisotopic (exact) mass is 645 g/mol. The van der Waals surface area contributed by atoms with Gasteiger partial charge in [-0.15, -0.1) is 0 Å². The minimum absolute atomic E-state index is 0.0353. The van der Waals surface area contributed by atoms with E-state index in [1.165, 1.54) is 22.3 Å². The highest BCUT2D eigenvalue weighted by molar-refractivity contribution is 6.98. The minimum atomic E-state index is -0.0353. The fourth-order valence-corrected chi connectivity index (χ4v) is 7.75. The molecule has 0 aliphatic carbocycles. The van der Waals surface area contributed by atoms with Gasteiger partial charge < -0.3 is 14.4 Å². The predicted octanol–water partition coefficient (Wildman–Crippen LogP) is 10.5. The van der Waals surface area contributed by atoms with Gasteiger partial charge in [0.25, 0.3) is 6.71 Å². The summed E-state index contributed by atoms with van der Waals surface area (Å²) < 4.78 is 13.9. The van der Waals surface area contributed by atoms with E-state index < -0.39 is 0 Å². The molecule has 2 aliphatic heterocycles. The number of aryl methyl sites for hydroxylation is 4.